The quantitative estimate of drug-likeness (QED) is 0.714. The summed E-state index contributed by atoms with van der Waals surface area (Å²) in [5, 5.41) is 3.00. The molecule has 96 valence electrons. The van der Waals surface area contributed by atoms with Crippen LogP contribution in [-0.2, 0) is 0 Å². The summed E-state index contributed by atoms with van der Waals surface area (Å²) >= 11 is 0. The number of hydrogen-bond donors (Lipinski definition) is 0. The van der Waals surface area contributed by atoms with Crippen LogP contribution in [0, 0.1) is 0 Å². The van der Waals surface area contributed by atoms with Crippen molar-refractivity contribution in [2.45, 2.75) is 19.8 Å². The van der Waals surface area contributed by atoms with Crippen LogP contribution in [0.4, 0.5) is 0 Å². The molecular formula is C16H20ClP. The molecule has 0 N–H and O–H groups in total. The molecule has 0 fully saturated rings. The Morgan fingerprint density at radius 1 is 0.778 bits per heavy atom. The molecule has 0 aliphatic carbocycles. The molecule has 2 aromatic rings. The standard InChI is InChI=1S/C16H19P.ClH/c1-2-3-14-17(15-10-6-4-7-11-15)16-12-8-5-9-13-16;/h4-13H,2-3,14H2,1H3;1H. The summed E-state index contributed by atoms with van der Waals surface area (Å²) in [6.45, 7) is 2.27. The highest BCUT2D eigenvalue weighted by Crippen LogP contribution is 2.34. The van der Waals surface area contributed by atoms with E-state index in [-0.39, 0.29) is 20.3 Å². The maximum atomic E-state index is 2.27. The zero-order valence-corrected chi connectivity index (χ0v) is 12.5. The molecule has 0 spiro atoms. The fourth-order valence-electron chi connectivity index (χ4n) is 1.94. The molecule has 0 aromatic heterocycles. The number of benzene rings is 2. The van der Waals surface area contributed by atoms with Gasteiger partial charge in [-0.15, -0.1) is 12.4 Å². The SMILES string of the molecule is CCCCP(c1ccccc1)c1ccccc1.Cl. The molecule has 2 rings (SSSR count). The molecule has 0 bridgehead atoms. The maximum absolute atomic E-state index is 2.27. The normalized spacial score (nSPS) is 10.1. The third kappa shape index (κ3) is 4.12. The fourth-order valence-corrected chi connectivity index (χ4v) is 4.45. The van der Waals surface area contributed by atoms with Gasteiger partial charge in [0, 0.05) is 0 Å². The van der Waals surface area contributed by atoms with Gasteiger partial charge in [-0.3, -0.25) is 0 Å². The molecule has 0 atom stereocenters. The molecule has 0 saturated carbocycles. The van der Waals surface area contributed by atoms with Crippen molar-refractivity contribution >= 4 is 30.9 Å². The van der Waals surface area contributed by atoms with E-state index in [1.165, 1.54) is 29.6 Å². The smallest absolute Gasteiger partial charge is 0.0195 e. The van der Waals surface area contributed by atoms with Crippen molar-refractivity contribution in [2.24, 2.45) is 0 Å². The van der Waals surface area contributed by atoms with Crippen LogP contribution < -0.4 is 10.6 Å². The predicted molar refractivity (Wildman–Crippen MR) is 86.1 cm³/mol. The van der Waals surface area contributed by atoms with Crippen LogP contribution in [0.15, 0.2) is 60.7 Å². The minimum atomic E-state index is -0.157. The zero-order valence-electron chi connectivity index (χ0n) is 10.8. The van der Waals surface area contributed by atoms with Gasteiger partial charge >= 0.3 is 0 Å². The van der Waals surface area contributed by atoms with E-state index in [9.17, 15) is 0 Å². The number of rotatable bonds is 5. The molecule has 2 aromatic carbocycles. The van der Waals surface area contributed by atoms with E-state index in [1.54, 1.807) is 0 Å². The van der Waals surface area contributed by atoms with E-state index < -0.39 is 0 Å². The van der Waals surface area contributed by atoms with Crippen molar-refractivity contribution in [3.63, 3.8) is 0 Å². The van der Waals surface area contributed by atoms with E-state index in [0.717, 1.165) is 0 Å². The topological polar surface area (TPSA) is 0 Å². The van der Waals surface area contributed by atoms with Gasteiger partial charge in [0.25, 0.3) is 0 Å². The predicted octanol–water partition coefficient (Wildman–Crippen LogP) is 4.34. The Labute approximate surface area is 118 Å². The summed E-state index contributed by atoms with van der Waals surface area (Å²) < 4.78 is 0. The second-order valence-electron chi connectivity index (χ2n) is 4.18. The van der Waals surface area contributed by atoms with Gasteiger partial charge in [-0.2, -0.15) is 0 Å². The number of halogens is 1. The Morgan fingerprint density at radius 3 is 1.61 bits per heavy atom. The first-order valence-corrected chi connectivity index (χ1v) is 7.82. The summed E-state index contributed by atoms with van der Waals surface area (Å²) in [6, 6.07) is 21.9. The summed E-state index contributed by atoms with van der Waals surface area (Å²) in [4.78, 5) is 0. The van der Waals surface area contributed by atoms with E-state index >= 15 is 0 Å². The van der Waals surface area contributed by atoms with Gasteiger partial charge in [-0.1, -0.05) is 74.0 Å². The Morgan fingerprint density at radius 2 is 1.22 bits per heavy atom. The van der Waals surface area contributed by atoms with Gasteiger partial charge in [0.2, 0.25) is 0 Å². The lowest BCUT2D eigenvalue weighted by molar-refractivity contribution is 0.894. The molecule has 0 saturated heterocycles. The van der Waals surface area contributed by atoms with E-state index in [0.29, 0.717) is 0 Å². The Kier molecular flexibility index (Phi) is 7.01. The van der Waals surface area contributed by atoms with Crippen LogP contribution in [0.1, 0.15) is 19.8 Å². The van der Waals surface area contributed by atoms with Crippen molar-refractivity contribution in [3.8, 4) is 0 Å². The zero-order chi connectivity index (χ0) is 11.9. The van der Waals surface area contributed by atoms with Gasteiger partial charge in [0.15, 0.2) is 0 Å². The summed E-state index contributed by atoms with van der Waals surface area (Å²) in [5.74, 6) is 0. The maximum Gasteiger partial charge on any atom is -0.0195 e. The van der Waals surface area contributed by atoms with Gasteiger partial charge in [0.1, 0.15) is 0 Å². The van der Waals surface area contributed by atoms with Crippen LogP contribution in [0.25, 0.3) is 0 Å². The summed E-state index contributed by atoms with van der Waals surface area (Å²) in [7, 11) is -0.157. The third-order valence-electron chi connectivity index (χ3n) is 2.87. The van der Waals surface area contributed by atoms with Crippen LogP contribution in [0.5, 0.6) is 0 Å². The Hall–Kier alpha value is -0.840. The second kappa shape index (κ2) is 8.29. The molecule has 0 nitrogen and oxygen atoms in total. The minimum absolute atomic E-state index is 0. The van der Waals surface area contributed by atoms with Crippen molar-refractivity contribution in [1.82, 2.24) is 0 Å². The highest BCUT2D eigenvalue weighted by molar-refractivity contribution is 7.73. The fraction of sp³-hybridized carbons (Fsp3) is 0.250. The molecule has 0 amide bonds. The van der Waals surface area contributed by atoms with Gasteiger partial charge in [-0.25, -0.2) is 0 Å². The lowest BCUT2D eigenvalue weighted by Gasteiger charge is -2.18. The van der Waals surface area contributed by atoms with Gasteiger partial charge < -0.3 is 0 Å². The highest BCUT2D eigenvalue weighted by Gasteiger charge is 2.11. The Balaban J connectivity index is 0.00000162. The van der Waals surface area contributed by atoms with Crippen LogP contribution in [-0.4, -0.2) is 6.16 Å². The average molecular weight is 279 g/mol. The van der Waals surface area contributed by atoms with Gasteiger partial charge in [0.05, 0.1) is 0 Å². The van der Waals surface area contributed by atoms with E-state index in [1.807, 2.05) is 0 Å². The number of hydrogen-bond acceptors (Lipinski definition) is 0. The monoisotopic (exact) mass is 278 g/mol. The first kappa shape index (κ1) is 15.2. The molecule has 0 aliphatic rings. The molecular weight excluding hydrogens is 259 g/mol. The van der Waals surface area contributed by atoms with E-state index in [2.05, 4.69) is 67.6 Å². The van der Waals surface area contributed by atoms with Gasteiger partial charge in [-0.05, 0) is 31.1 Å². The van der Waals surface area contributed by atoms with Crippen molar-refractivity contribution in [3.05, 3.63) is 60.7 Å². The van der Waals surface area contributed by atoms with Crippen molar-refractivity contribution in [2.75, 3.05) is 6.16 Å². The first-order chi connectivity index (χ1) is 8.42. The summed E-state index contributed by atoms with van der Waals surface area (Å²) in [6.07, 6.45) is 3.90. The first-order valence-electron chi connectivity index (χ1n) is 6.29. The average Bonchev–Trinajstić information content (AvgIpc) is 2.42. The highest BCUT2D eigenvalue weighted by atomic mass is 35.5. The minimum Gasteiger partial charge on any atom is -0.147 e. The summed E-state index contributed by atoms with van der Waals surface area (Å²) in [5.41, 5.74) is 0. The second-order valence-corrected chi connectivity index (χ2v) is 6.51. The van der Waals surface area contributed by atoms with Crippen LogP contribution in [0.3, 0.4) is 0 Å². The molecule has 18 heavy (non-hydrogen) atoms. The third-order valence-corrected chi connectivity index (χ3v) is 5.48. The lowest BCUT2D eigenvalue weighted by Crippen LogP contribution is -2.13. The van der Waals surface area contributed by atoms with Crippen molar-refractivity contribution in [1.29, 1.82) is 0 Å². The van der Waals surface area contributed by atoms with Crippen LogP contribution in [0.2, 0.25) is 0 Å². The largest absolute Gasteiger partial charge is 0.147 e. The lowest BCUT2D eigenvalue weighted by atomic mass is 10.4. The van der Waals surface area contributed by atoms with E-state index in [4.69, 9.17) is 0 Å². The molecule has 2 heteroatoms. The Bertz CT molecular complexity index is 388. The molecule has 0 heterocycles. The van der Waals surface area contributed by atoms with Crippen molar-refractivity contribution < 1.29 is 0 Å². The molecule has 0 unspecified atom stereocenters. The molecule has 0 radical (unpaired) electrons. The molecule has 0 aliphatic heterocycles. The van der Waals surface area contributed by atoms with Crippen LogP contribution >= 0.6 is 20.3 Å². The number of unbranched alkanes of at least 4 members (excludes halogenated alkanes) is 1.